The van der Waals surface area contributed by atoms with E-state index in [1.807, 2.05) is 19.1 Å². The van der Waals surface area contributed by atoms with Gasteiger partial charge in [-0.3, -0.25) is 4.79 Å². The first kappa shape index (κ1) is 17.9. The lowest BCUT2D eigenvalue weighted by Crippen LogP contribution is -2.48. The Hall–Kier alpha value is -1.95. The molecular weight excluding hydrogens is 332 g/mol. The van der Waals surface area contributed by atoms with Crippen LogP contribution in [-0.2, 0) is 6.42 Å². The fraction of sp³-hybridized carbons (Fsp3) is 0.526. The molecule has 134 valence electrons. The van der Waals surface area contributed by atoms with E-state index in [4.69, 9.17) is 0 Å². The second kappa shape index (κ2) is 7.95. The van der Waals surface area contributed by atoms with E-state index in [0.717, 1.165) is 55.2 Å². The molecule has 1 saturated heterocycles. The lowest BCUT2D eigenvalue weighted by Gasteiger charge is -2.33. The summed E-state index contributed by atoms with van der Waals surface area (Å²) in [5, 5.41) is 11.6. The molecule has 3 heterocycles. The number of hydrogen-bond donors (Lipinski definition) is 1. The number of amides is 1. The van der Waals surface area contributed by atoms with E-state index >= 15 is 0 Å². The van der Waals surface area contributed by atoms with Gasteiger partial charge in [0.1, 0.15) is 0 Å². The maximum absolute atomic E-state index is 12.6. The number of anilines is 1. The molecule has 2 aromatic rings. The molecule has 1 fully saturated rings. The van der Waals surface area contributed by atoms with E-state index in [9.17, 15) is 4.79 Å². The van der Waals surface area contributed by atoms with E-state index in [1.165, 1.54) is 10.4 Å². The zero-order valence-corrected chi connectivity index (χ0v) is 16.0. The Morgan fingerprint density at radius 3 is 2.92 bits per heavy atom. The van der Waals surface area contributed by atoms with Crippen LogP contribution in [-0.4, -0.2) is 35.2 Å². The summed E-state index contributed by atoms with van der Waals surface area (Å²) in [6, 6.07) is 6.20. The monoisotopic (exact) mass is 358 g/mol. The molecule has 0 radical (unpaired) electrons. The van der Waals surface area contributed by atoms with Crippen molar-refractivity contribution in [2.75, 3.05) is 18.0 Å². The van der Waals surface area contributed by atoms with Gasteiger partial charge in [0, 0.05) is 24.0 Å². The maximum atomic E-state index is 12.6. The minimum absolute atomic E-state index is 0.0530. The quantitative estimate of drug-likeness (QED) is 0.889. The summed E-state index contributed by atoms with van der Waals surface area (Å²) >= 11 is 1.60. The van der Waals surface area contributed by atoms with Gasteiger partial charge in [0.25, 0.3) is 5.91 Å². The molecule has 0 saturated carbocycles. The number of carbonyl (C=O) groups excluding carboxylic acids is 1. The van der Waals surface area contributed by atoms with E-state index in [0.29, 0.717) is 0 Å². The third kappa shape index (κ3) is 4.37. The van der Waals surface area contributed by atoms with Crippen LogP contribution in [0.2, 0.25) is 0 Å². The van der Waals surface area contributed by atoms with Crippen LogP contribution in [0.5, 0.6) is 0 Å². The second-order valence-corrected chi connectivity index (χ2v) is 7.99. The second-order valence-electron chi connectivity index (χ2n) is 6.73. The molecule has 0 bridgehead atoms. The SMILES string of the molecule is CCCc1cc(C(=O)NC2CCCN(c3ccc(C)nn3)C2)sc1C. The summed E-state index contributed by atoms with van der Waals surface area (Å²) in [6.07, 6.45) is 4.20. The zero-order valence-electron chi connectivity index (χ0n) is 15.2. The highest BCUT2D eigenvalue weighted by atomic mass is 32.1. The number of hydrogen-bond acceptors (Lipinski definition) is 5. The third-order valence-electron chi connectivity index (χ3n) is 4.63. The van der Waals surface area contributed by atoms with Gasteiger partial charge in [-0.2, -0.15) is 5.10 Å². The number of rotatable bonds is 5. The number of thiophene rings is 1. The van der Waals surface area contributed by atoms with Gasteiger partial charge in [-0.15, -0.1) is 16.4 Å². The Kier molecular flexibility index (Phi) is 5.68. The number of carbonyl (C=O) groups is 1. The first-order valence-corrected chi connectivity index (χ1v) is 9.84. The van der Waals surface area contributed by atoms with Gasteiger partial charge in [-0.05, 0) is 56.9 Å². The Morgan fingerprint density at radius 1 is 1.36 bits per heavy atom. The molecule has 25 heavy (non-hydrogen) atoms. The average Bonchev–Trinajstić information content (AvgIpc) is 2.97. The molecule has 3 rings (SSSR count). The largest absolute Gasteiger partial charge is 0.353 e. The molecule has 0 spiro atoms. The normalized spacial score (nSPS) is 17.6. The molecule has 1 amide bonds. The molecule has 1 atom stereocenters. The zero-order chi connectivity index (χ0) is 17.8. The van der Waals surface area contributed by atoms with Crippen LogP contribution in [0, 0.1) is 13.8 Å². The molecule has 2 aromatic heterocycles. The standard InChI is InChI=1S/C19H26N4OS/c1-4-6-15-11-17(25-14(15)3)19(24)20-16-7-5-10-23(12-16)18-9-8-13(2)21-22-18/h8-9,11,16H,4-7,10,12H2,1-3H3,(H,20,24). The smallest absolute Gasteiger partial charge is 0.261 e. The van der Waals surface area contributed by atoms with Crippen LogP contribution in [0.3, 0.4) is 0 Å². The molecule has 1 N–H and O–H groups in total. The van der Waals surface area contributed by atoms with Crippen molar-refractivity contribution in [3.8, 4) is 0 Å². The molecular formula is C19H26N4OS. The minimum Gasteiger partial charge on any atom is -0.353 e. The molecule has 1 unspecified atom stereocenters. The van der Waals surface area contributed by atoms with Gasteiger partial charge < -0.3 is 10.2 Å². The van der Waals surface area contributed by atoms with Crippen LogP contribution in [0.1, 0.15) is 52.0 Å². The summed E-state index contributed by atoms with van der Waals surface area (Å²) in [7, 11) is 0. The van der Waals surface area contributed by atoms with Crippen LogP contribution in [0.25, 0.3) is 0 Å². The minimum atomic E-state index is 0.0530. The average molecular weight is 359 g/mol. The van der Waals surface area contributed by atoms with Crippen molar-refractivity contribution in [1.29, 1.82) is 0 Å². The number of aromatic nitrogens is 2. The predicted octanol–water partition coefficient (Wildman–Crippen LogP) is 3.51. The van der Waals surface area contributed by atoms with Crippen molar-refractivity contribution < 1.29 is 4.79 Å². The van der Waals surface area contributed by atoms with Gasteiger partial charge >= 0.3 is 0 Å². The van der Waals surface area contributed by atoms with Crippen molar-refractivity contribution in [3.63, 3.8) is 0 Å². The van der Waals surface area contributed by atoms with Crippen molar-refractivity contribution >= 4 is 23.1 Å². The molecule has 6 heteroatoms. The van der Waals surface area contributed by atoms with E-state index in [1.54, 1.807) is 11.3 Å². The number of nitrogens with zero attached hydrogens (tertiary/aromatic N) is 3. The molecule has 0 aromatic carbocycles. The summed E-state index contributed by atoms with van der Waals surface area (Å²) in [5.41, 5.74) is 2.22. The third-order valence-corrected chi connectivity index (χ3v) is 5.72. The van der Waals surface area contributed by atoms with Gasteiger partial charge in [-0.25, -0.2) is 0 Å². The first-order valence-electron chi connectivity index (χ1n) is 9.02. The number of aryl methyl sites for hydroxylation is 3. The summed E-state index contributed by atoms with van der Waals surface area (Å²) in [6.45, 7) is 7.95. The molecule has 1 aliphatic rings. The number of piperidine rings is 1. The topological polar surface area (TPSA) is 58.1 Å². The van der Waals surface area contributed by atoms with Crippen molar-refractivity contribution in [2.45, 2.75) is 52.5 Å². The highest BCUT2D eigenvalue weighted by Gasteiger charge is 2.23. The summed E-state index contributed by atoms with van der Waals surface area (Å²) in [4.78, 5) is 16.9. The summed E-state index contributed by atoms with van der Waals surface area (Å²) in [5.74, 6) is 0.944. The molecule has 1 aliphatic heterocycles. The predicted molar refractivity (Wildman–Crippen MR) is 103 cm³/mol. The van der Waals surface area contributed by atoms with Crippen LogP contribution in [0.4, 0.5) is 5.82 Å². The van der Waals surface area contributed by atoms with Crippen LogP contribution >= 0.6 is 11.3 Å². The van der Waals surface area contributed by atoms with Gasteiger partial charge in [-0.1, -0.05) is 13.3 Å². The Labute approximate surface area is 153 Å². The lowest BCUT2D eigenvalue weighted by molar-refractivity contribution is 0.0937. The van der Waals surface area contributed by atoms with E-state index in [2.05, 4.69) is 40.3 Å². The Morgan fingerprint density at radius 2 is 2.20 bits per heavy atom. The van der Waals surface area contributed by atoms with Crippen LogP contribution < -0.4 is 10.2 Å². The van der Waals surface area contributed by atoms with E-state index < -0.39 is 0 Å². The molecule has 0 aliphatic carbocycles. The summed E-state index contributed by atoms with van der Waals surface area (Å²) < 4.78 is 0. The highest BCUT2D eigenvalue weighted by Crippen LogP contribution is 2.24. The highest BCUT2D eigenvalue weighted by molar-refractivity contribution is 7.14. The molecule has 5 nitrogen and oxygen atoms in total. The van der Waals surface area contributed by atoms with Crippen molar-refractivity contribution in [3.05, 3.63) is 39.2 Å². The Balaban J connectivity index is 1.63. The van der Waals surface area contributed by atoms with Crippen molar-refractivity contribution in [2.24, 2.45) is 0 Å². The van der Waals surface area contributed by atoms with Crippen molar-refractivity contribution in [1.82, 2.24) is 15.5 Å². The lowest BCUT2D eigenvalue weighted by atomic mass is 10.1. The Bertz CT molecular complexity index is 726. The fourth-order valence-corrected chi connectivity index (χ4v) is 4.24. The fourth-order valence-electron chi connectivity index (χ4n) is 3.27. The van der Waals surface area contributed by atoms with Gasteiger partial charge in [0.15, 0.2) is 5.82 Å². The van der Waals surface area contributed by atoms with Gasteiger partial charge in [0.05, 0.1) is 10.6 Å². The number of nitrogens with one attached hydrogen (secondary N) is 1. The maximum Gasteiger partial charge on any atom is 0.261 e. The van der Waals surface area contributed by atoms with E-state index in [-0.39, 0.29) is 11.9 Å². The van der Waals surface area contributed by atoms with Gasteiger partial charge in [0.2, 0.25) is 0 Å². The first-order chi connectivity index (χ1) is 12.1. The van der Waals surface area contributed by atoms with Crippen LogP contribution in [0.15, 0.2) is 18.2 Å².